The Morgan fingerprint density at radius 1 is 1.30 bits per heavy atom. The Bertz CT molecular complexity index is 813. The van der Waals surface area contributed by atoms with Crippen LogP contribution in [0, 0.1) is 6.92 Å². The zero-order valence-corrected chi connectivity index (χ0v) is 16.2. The van der Waals surface area contributed by atoms with Gasteiger partial charge in [-0.05, 0) is 37.5 Å². The summed E-state index contributed by atoms with van der Waals surface area (Å²) in [6.07, 6.45) is 0. The highest BCUT2D eigenvalue weighted by molar-refractivity contribution is 7.09. The molecule has 0 aliphatic carbocycles. The first-order valence-corrected chi connectivity index (χ1v) is 8.97. The van der Waals surface area contributed by atoms with Crippen molar-refractivity contribution in [1.29, 1.82) is 0 Å². The summed E-state index contributed by atoms with van der Waals surface area (Å²) in [6.45, 7) is 11.3. The van der Waals surface area contributed by atoms with Crippen molar-refractivity contribution in [2.75, 3.05) is 0 Å². The van der Waals surface area contributed by atoms with Gasteiger partial charge in [0.05, 0.1) is 10.6 Å². The Labute approximate surface area is 150 Å². The molecule has 0 fully saturated rings. The monoisotopic (exact) mass is 370 g/mol. The lowest BCUT2D eigenvalue weighted by Gasteiger charge is -2.17. The van der Waals surface area contributed by atoms with Gasteiger partial charge in [0.1, 0.15) is 0 Å². The van der Waals surface area contributed by atoms with Crippen LogP contribution < -0.4 is 4.80 Å². The molecule has 0 atom stereocenters. The minimum absolute atomic E-state index is 0.0101. The second kappa shape index (κ2) is 6.80. The van der Waals surface area contributed by atoms with Crippen LogP contribution in [0.5, 0.6) is 0 Å². The summed E-state index contributed by atoms with van der Waals surface area (Å²) in [4.78, 5) is 18.7. The van der Waals surface area contributed by atoms with Crippen molar-refractivity contribution in [2.24, 2.45) is 4.99 Å². The Hall–Kier alpha value is -1.10. The molecule has 0 aliphatic rings. The normalized spacial score (nSPS) is 12.7. The van der Waals surface area contributed by atoms with Crippen molar-refractivity contribution in [3.05, 3.63) is 49.2 Å². The fourth-order valence-corrected chi connectivity index (χ4v) is 4.07. The molecule has 0 saturated carbocycles. The maximum atomic E-state index is 12.5. The van der Waals surface area contributed by atoms with Crippen LogP contribution in [0.15, 0.2) is 23.2 Å². The molecule has 0 unspecified atom stereocenters. The van der Waals surface area contributed by atoms with Crippen molar-refractivity contribution < 1.29 is 4.79 Å². The zero-order valence-electron chi connectivity index (χ0n) is 13.9. The Morgan fingerprint density at radius 2 is 1.96 bits per heavy atom. The van der Waals surface area contributed by atoms with E-state index in [1.807, 2.05) is 6.92 Å². The number of benzene rings is 1. The molecule has 23 heavy (non-hydrogen) atoms. The topological polar surface area (TPSA) is 34.4 Å². The van der Waals surface area contributed by atoms with Crippen LogP contribution in [-0.4, -0.2) is 10.5 Å². The summed E-state index contributed by atoms with van der Waals surface area (Å²) in [5.74, 6) is -0.374. The summed E-state index contributed by atoms with van der Waals surface area (Å²) in [6, 6.07) is 4.82. The molecule has 0 aliphatic heterocycles. The molecular formula is C17H20Cl2N2OS. The van der Waals surface area contributed by atoms with Gasteiger partial charge in [0.15, 0.2) is 4.80 Å². The Morgan fingerprint density at radius 3 is 2.52 bits per heavy atom. The van der Waals surface area contributed by atoms with Gasteiger partial charge < -0.3 is 4.57 Å². The molecule has 1 aromatic heterocycles. The van der Waals surface area contributed by atoms with Crippen LogP contribution in [-0.2, 0) is 12.0 Å². The lowest BCUT2D eigenvalue weighted by atomic mass is 9.93. The third-order valence-corrected chi connectivity index (χ3v) is 5.68. The number of carbonyl (C=O) groups is 1. The van der Waals surface area contributed by atoms with E-state index in [1.54, 1.807) is 29.5 Å². The predicted molar refractivity (Wildman–Crippen MR) is 97.8 cm³/mol. The molecule has 0 saturated heterocycles. The minimum Gasteiger partial charge on any atom is -0.321 e. The van der Waals surface area contributed by atoms with E-state index in [-0.39, 0.29) is 11.3 Å². The van der Waals surface area contributed by atoms with Crippen LogP contribution in [0.3, 0.4) is 0 Å². The number of carbonyl (C=O) groups excluding carboxylic acids is 1. The minimum atomic E-state index is -0.374. The summed E-state index contributed by atoms with van der Waals surface area (Å²) < 4.78 is 2.06. The van der Waals surface area contributed by atoms with E-state index in [4.69, 9.17) is 23.2 Å². The fraction of sp³-hybridized carbons (Fsp3) is 0.412. The van der Waals surface area contributed by atoms with Crippen LogP contribution >= 0.6 is 34.5 Å². The summed E-state index contributed by atoms with van der Waals surface area (Å²) in [7, 11) is 0. The first-order chi connectivity index (χ1) is 10.6. The molecule has 1 aromatic carbocycles. The molecule has 1 amide bonds. The van der Waals surface area contributed by atoms with E-state index in [2.05, 4.69) is 37.3 Å². The quantitative estimate of drug-likeness (QED) is 0.712. The lowest BCUT2D eigenvalue weighted by Crippen LogP contribution is -2.17. The van der Waals surface area contributed by atoms with Gasteiger partial charge in [-0.3, -0.25) is 4.79 Å². The number of hydrogen-bond acceptors (Lipinski definition) is 2. The van der Waals surface area contributed by atoms with Gasteiger partial charge in [-0.1, -0.05) is 44.0 Å². The SMILES string of the molecule is CCn1c(C)c(C(C)(C)C)sc1=NC(=O)c1cc(Cl)ccc1Cl. The number of halogens is 2. The van der Waals surface area contributed by atoms with E-state index in [0.29, 0.717) is 20.4 Å². The lowest BCUT2D eigenvalue weighted by molar-refractivity contribution is 0.0998. The van der Waals surface area contributed by atoms with Gasteiger partial charge >= 0.3 is 0 Å². The molecule has 124 valence electrons. The van der Waals surface area contributed by atoms with Gasteiger partial charge in [-0.25, -0.2) is 0 Å². The summed E-state index contributed by atoms with van der Waals surface area (Å²) in [5.41, 5.74) is 1.48. The average molecular weight is 371 g/mol. The maximum absolute atomic E-state index is 12.5. The molecular weight excluding hydrogens is 351 g/mol. The van der Waals surface area contributed by atoms with Gasteiger partial charge in [-0.15, -0.1) is 11.3 Å². The molecule has 0 spiro atoms. The molecule has 3 nitrogen and oxygen atoms in total. The second-order valence-electron chi connectivity index (χ2n) is 6.33. The first-order valence-electron chi connectivity index (χ1n) is 7.40. The molecule has 6 heteroatoms. The number of rotatable bonds is 2. The van der Waals surface area contributed by atoms with E-state index in [0.717, 1.165) is 12.2 Å². The number of nitrogens with zero attached hydrogens (tertiary/aromatic N) is 2. The third-order valence-electron chi connectivity index (χ3n) is 3.51. The molecule has 0 bridgehead atoms. The van der Waals surface area contributed by atoms with Gasteiger partial charge in [-0.2, -0.15) is 4.99 Å². The van der Waals surface area contributed by atoms with Crippen molar-refractivity contribution in [2.45, 2.75) is 46.6 Å². The van der Waals surface area contributed by atoms with Crippen LogP contribution in [0.4, 0.5) is 0 Å². The zero-order chi connectivity index (χ0) is 17.4. The first kappa shape index (κ1) is 18.2. The average Bonchev–Trinajstić information content (AvgIpc) is 2.77. The standard InChI is InChI=1S/C17H20Cl2N2OS/c1-6-21-10(2)14(17(3,4)5)23-16(21)20-15(22)12-9-11(18)7-8-13(12)19/h7-9H,6H2,1-5H3. The van der Waals surface area contributed by atoms with E-state index >= 15 is 0 Å². The summed E-state index contributed by atoms with van der Waals surface area (Å²) >= 11 is 13.6. The summed E-state index contributed by atoms with van der Waals surface area (Å²) in [5, 5.41) is 0.824. The van der Waals surface area contributed by atoms with Crippen molar-refractivity contribution >= 4 is 40.4 Å². The number of amides is 1. The highest BCUT2D eigenvalue weighted by Gasteiger charge is 2.22. The third kappa shape index (κ3) is 3.87. The van der Waals surface area contributed by atoms with Crippen LogP contribution in [0.2, 0.25) is 10.0 Å². The predicted octanol–water partition coefficient (Wildman–Crippen LogP) is 5.22. The van der Waals surface area contributed by atoms with E-state index in [1.165, 1.54) is 4.88 Å². The van der Waals surface area contributed by atoms with Gasteiger partial charge in [0.25, 0.3) is 5.91 Å². The van der Waals surface area contributed by atoms with E-state index < -0.39 is 0 Å². The van der Waals surface area contributed by atoms with E-state index in [9.17, 15) is 4.79 Å². The maximum Gasteiger partial charge on any atom is 0.281 e. The highest BCUT2D eigenvalue weighted by atomic mass is 35.5. The molecule has 2 aromatic rings. The van der Waals surface area contributed by atoms with Crippen molar-refractivity contribution in [3.8, 4) is 0 Å². The molecule has 1 heterocycles. The number of thiazole rings is 1. The van der Waals surface area contributed by atoms with Crippen molar-refractivity contribution in [3.63, 3.8) is 0 Å². The second-order valence-corrected chi connectivity index (χ2v) is 8.16. The van der Waals surface area contributed by atoms with Crippen LogP contribution in [0.25, 0.3) is 0 Å². The van der Waals surface area contributed by atoms with Gasteiger partial charge in [0, 0.05) is 22.1 Å². The van der Waals surface area contributed by atoms with Crippen LogP contribution in [0.1, 0.15) is 48.6 Å². The molecule has 0 radical (unpaired) electrons. The smallest absolute Gasteiger partial charge is 0.281 e. The Kier molecular flexibility index (Phi) is 5.39. The number of hydrogen-bond donors (Lipinski definition) is 0. The number of aromatic nitrogens is 1. The Balaban J connectivity index is 2.59. The molecule has 2 rings (SSSR count). The largest absolute Gasteiger partial charge is 0.321 e. The van der Waals surface area contributed by atoms with Gasteiger partial charge in [0.2, 0.25) is 0 Å². The fourth-order valence-electron chi connectivity index (χ4n) is 2.45. The molecule has 0 N–H and O–H groups in total. The van der Waals surface area contributed by atoms with Crippen molar-refractivity contribution in [1.82, 2.24) is 4.57 Å². The highest BCUT2D eigenvalue weighted by Crippen LogP contribution is 2.28.